The molecule has 1 aromatic rings. The molecular formula is C16H20FNO4S. The number of carbonyl (C=O) groups is 2. The Kier molecular flexibility index (Phi) is 6.01. The molecule has 0 radical (unpaired) electrons. The number of hydrogen-bond donors (Lipinski definition) is 2. The number of carboxylic acid groups (broad SMARTS) is 1. The first-order chi connectivity index (χ1) is 10.9. The molecule has 2 rings (SSSR count). The van der Waals surface area contributed by atoms with Gasteiger partial charge in [-0.15, -0.1) is 11.8 Å². The summed E-state index contributed by atoms with van der Waals surface area (Å²) < 4.78 is 18.1. The van der Waals surface area contributed by atoms with Crippen LogP contribution in [-0.2, 0) is 14.3 Å². The lowest BCUT2D eigenvalue weighted by Crippen LogP contribution is -2.52. The van der Waals surface area contributed by atoms with Gasteiger partial charge in [0.25, 0.3) is 0 Å². The molecule has 1 saturated heterocycles. The minimum atomic E-state index is -0.954. The normalized spacial score (nSPS) is 21.8. The zero-order valence-corrected chi connectivity index (χ0v) is 13.7. The van der Waals surface area contributed by atoms with Gasteiger partial charge in [0, 0.05) is 23.2 Å². The molecule has 1 aliphatic heterocycles. The van der Waals surface area contributed by atoms with E-state index >= 15 is 0 Å². The van der Waals surface area contributed by atoms with E-state index in [1.807, 2.05) is 0 Å². The fourth-order valence-electron chi connectivity index (χ4n) is 2.39. The van der Waals surface area contributed by atoms with E-state index < -0.39 is 11.5 Å². The third-order valence-corrected chi connectivity index (χ3v) is 5.01. The fourth-order valence-corrected chi connectivity index (χ4v) is 3.31. The van der Waals surface area contributed by atoms with Gasteiger partial charge in [-0.2, -0.15) is 0 Å². The van der Waals surface area contributed by atoms with E-state index in [0.717, 1.165) is 4.90 Å². The molecule has 126 valence electrons. The lowest BCUT2D eigenvalue weighted by molar-refractivity contribution is -0.139. The van der Waals surface area contributed by atoms with Crippen LogP contribution >= 0.6 is 11.8 Å². The van der Waals surface area contributed by atoms with Crippen molar-refractivity contribution in [2.75, 3.05) is 19.0 Å². The molecule has 0 saturated carbocycles. The molecule has 2 N–H and O–H groups in total. The molecule has 7 heteroatoms. The van der Waals surface area contributed by atoms with Crippen LogP contribution in [-0.4, -0.2) is 41.5 Å². The molecule has 5 nitrogen and oxygen atoms in total. The summed E-state index contributed by atoms with van der Waals surface area (Å²) in [5.41, 5.74) is -0.808. The Hall–Kier alpha value is -1.60. The average molecular weight is 341 g/mol. The van der Waals surface area contributed by atoms with Crippen molar-refractivity contribution < 1.29 is 23.8 Å². The largest absolute Gasteiger partial charge is 0.481 e. The van der Waals surface area contributed by atoms with Gasteiger partial charge in [-0.1, -0.05) is 6.92 Å². The van der Waals surface area contributed by atoms with Crippen LogP contribution in [0.4, 0.5) is 4.39 Å². The van der Waals surface area contributed by atoms with Crippen LogP contribution in [0.1, 0.15) is 19.8 Å². The van der Waals surface area contributed by atoms with Gasteiger partial charge < -0.3 is 15.2 Å². The highest BCUT2D eigenvalue weighted by Crippen LogP contribution is 2.25. The van der Waals surface area contributed by atoms with Gasteiger partial charge >= 0.3 is 5.97 Å². The Labute approximate surface area is 138 Å². The molecule has 1 heterocycles. The Morgan fingerprint density at radius 3 is 2.70 bits per heavy atom. The first kappa shape index (κ1) is 17.7. The van der Waals surface area contributed by atoms with E-state index in [2.05, 4.69) is 5.32 Å². The third-order valence-electron chi connectivity index (χ3n) is 3.74. The van der Waals surface area contributed by atoms with E-state index in [4.69, 9.17) is 9.84 Å². The van der Waals surface area contributed by atoms with Gasteiger partial charge in [0.15, 0.2) is 0 Å². The van der Waals surface area contributed by atoms with E-state index in [1.165, 1.54) is 23.9 Å². The first-order valence-corrected chi connectivity index (χ1v) is 8.39. The van der Waals surface area contributed by atoms with Gasteiger partial charge in [-0.25, -0.2) is 4.39 Å². The summed E-state index contributed by atoms with van der Waals surface area (Å²) in [7, 11) is 0. The number of rotatable bonds is 7. The summed E-state index contributed by atoms with van der Waals surface area (Å²) >= 11 is 1.46. The Morgan fingerprint density at radius 2 is 2.13 bits per heavy atom. The van der Waals surface area contributed by atoms with Crippen LogP contribution in [0.15, 0.2) is 29.2 Å². The Balaban J connectivity index is 1.88. The number of hydrogen-bond acceptors (Lipinski definition) is 4. The van der Waals surface area contributed by atoms with Crippen molar-refractivity contribution in [3.8, 4) is 0 Å². The predicted molar refractivity (Wildman–Crippen MR) is 84.9 cm³/mol. The second-order valence-corrected chi connectivity index (χ2v) is 6.90. The average Bonchev–Trinajstić information content (AvgIpc) is 2.93. The number of carboxylic acids is 1. The van der Waals surface area contributed by atoms with Crippen LogP contribution in [0.25, 0.3) is 0 Å². The summed E-state index contributed by atoms with van der Waals surface area (Å²) in [6, 6.07) is 6.10. The van der Waals surface area contributed by atoms with E-state index in [0.29, 0.717) is 18.8 Å². The molecule has 0 aromatic heterocycles. The topological polar surface area (TPSA) is 75.6 Å². The molecule has 1 aromatic carbocycles. The number of carbonyl (C=O) groups excluding carboxylic acids is 1. The van der Waals surface area contributed by atoms with Crippen LogP contribution < -0.4 is 5.32 Å². The van der Waals surface area contributed by atoms with Crippen molar-refractivity contribution in [3.63, 3.8) is 0 Å². The van der Waals surface area contributed by atoms with E-state index in [9.17, 15) is 14.0 Å². The summed E-state index contributed by atoms with van der Waals surface area (Å²) in [6.45, 7) is 2.46. The first-order valence-electron chi connectivity index (χ1n) is 7.40. The van der Waals surface area contributed by atoms with E-state index in [-0.39, 0.29) is 30.7 Å². The van der Waals surface area contributed by atoms with Crippen LogP contribution in [0.5, 0.6) is 0 Å². The number of aliphatic carboxylic acids is 1. The molecule has 0 aliphatic carbocycles. The van der Waals surface area contributed by atoms with Crippen molar-refractivity contribution in [2.45, 2.75) is 30.2 Å². The maximum atomic E-state index is 12.9. The van der Waals surface area contributed by atoms with Crippen LogP contribution in [0.2, 0.25) is 0 Å². The third kappa shape index (κ3) is 5.21. The van der Waals surface area contributed by atoms with Crippen molar-refractivity contribution in [1.29, 1.82) is 0 Å². The highest BCUT2D eigenvalue weighted by molar-refractivity contribution is 7.99. The highest BCUT2D eigenvalue weighted by Gasteiger charge is 2.39. The summed E-state index contributed by atoms with van der Waals surface area (Å²) in [5, 5.41) is 11.9. The number of benzene rings is 1. The van der Waals surface area contributed by atoms with Gasteiger partial charge in [0.05, 0.1) is 18.6 Å². The van der Waals surface area contributed by atoms with Crippen molar-refractivity contribution in [3.05, 3.63) is 30.1 Å². The number of halogens is 1. The second-order valence-electron chi connectivity index (χ2n) is 5.81. The number of nitrogens with one attached hydrogen (secondary N) is 1. The Morgan fingerprint density at radius 1 is 1.43 bits per heavy atom. The van der Waals surface area contributed by atoms with Crippen molar-refractivity contribution in [2.24, 2.45) is 5.92 Å². The molecule has 0 bridgehead atoms. The number of amides is 1. The zero-order chi connectivity index (χ0) is 16.9. The highest BCUT2D eigenvalue weighted by atomic mass is 32.2. The predicted octanol–water partition coefficient (Wildman–Crippen LogP) is 2.30. The van der Waals surface area contributed by atoms with Crippen LogP contribution in [0.3, 0.4) is 0 Å². The molecule has 1 aliphatic rings. The maximum Gasteiger partial charge on any atom is 0.305 e. The van der Waals surface area contributed by atoms with Gasteiger partial charge in [-0.3, -0.25) is 9.59 Å². The van der Waals surface area contributed by atoms with Gasteiger partial charge in [0.2, 0.25) is 5.91 Å². The van der Waals surface area contributed by atoms with Crippen molar-refractivity contribution in [1.82, 2.24) is 5.32 Å². The van der Waals surface area contributed by atoms with E-state index in [1.54, 1.807) is 19.1 Å². The quantitative estimate of drug-likeness (QED) is 0.744. The number of thioether (sulfide) groups is 1. The SMILES string of the molecule is CC(CSc1ccc(F)cc1)C(=O)NC1(CC(=O)O)CCOC1. The lowest BCUT2D eigenvalue weighted by Gasteiger charge is -2.28. The van der Waals surface area contributed by atoms with Gasteiger partial charge in [-0.05, 0) is 30.7 Å². The monoisotopic (exact) mass is 341 g/mol. The minimum absolute atomic E-state index is 0.142. The molecule has 1 amide bonds. The molecule has 23 heavy (non-hydrogen) atoms. The lowest BCUT2D eigenvalue weighted by atomic mass is 9.93. The minimum Gasteiger partial charge on any atom is -0.481 e. The van der Waals surface area contributed by atoms with Crippen LogP contribution in [0, 0.1) is 11.7 Å². The molecule has 2 unspecified atom stereocenters. The molecule has 2 atom stereocenters. The number of ether oxygens (including phenoxy) is 1. The molecular weight excluding hydrogens is 321 g/mol. The molecule has 0 spiro atoms. The van der Waals surface area contributed by atoms with Gasteiger partial charge in [0.1, 0.15) is 5.82 Å². The summed E-state index contributed by atoms with van der Waals surface area (Å²) in [4.78, 5) is 24.2. The smallest absolute Gasteiger partial charge is 0.305 e. The second kappa shape index (κ2) is 7.79. The summed E-state index contributed by atoms with van der Waals surface area (Å²) in [5.74, 6) is -1.20. The zero-order valence-electron chi connectivity index (χ0n) is 12.9. The standard InChI is InChI=1S/C16H20FNO4S/c1-11(9-23-13-4-2-12(17)3-5-13)15(21)18-16(8-14(19)20)6-7-22-10-16/h2-5,11H,6-10H2,1H3,(H,18,21)(H,19,20). The summed E-state index contributed by atoms with van der Waals surface area (Å²) in [6.07, 6.45) is 0.361. The van der Waals surface area contributed by atoms with Crippen molar-refractivity contribution >= 4 is 23.6 Å². The maximum absolute atomic E-state index is 12.9. The molecule has 1 fully saturated rings. The fraction of sp³-hybridized carbons (Fsp3) is 0.500. The Bertz CT molecular complexity index is 558.